The quantitative estimate of drug-likeness (QED) is 0.515. The number of esters is 1. The molecular weight excluding hydrogens is 168 g/mol. The molecule has 72 valence electrons. The summed E-state index contributed by atoms with van der Waals surface area (Å²) in [7, 11) is 0. The van der Waals surface area contributed by atoms with E-state index in [1.54, 1.807) is 6.92 Å². The molecule has 13 heavy (non-hydrogen) atoms. The third-order valence-corrected chi connectivity index (χ3v) is 2.05. The third-order valence-electron chi connectivity index (χ3n) is 2.05. The first-order valence-electron chi connectivity index (χ1n) is 4.39. The van der Waals surface area contributed by atoms with Crippen molar-refractivity contribution in [2.24, 2.45) is 0 Å². The van der Waals surface area contributed by atoms with Gasteiger partial charge in [-0.15, -0.1) is 0 Å². The second-order valence-corrected chi connectivity index (χ2v) is 3.01. The molecular formula is C10H14O3. The van der Waals surface area contributed by atoms with Crippen LogP contribution in [0.1, 0.15) is 19.8 Å². The van der Waals surface area contributed by atoms with Gasteiger partial charge in [-0.3, -0.25) is 0 Å². The smallest absolute Gasteiger partial charge is 0.331 e. The monoisotopic (exact) mass is 182 g/mol. The minimum Gasteiger partial charge on any atom is -0.463 e. The lowest BCUT2D eigenvalue weighted by Crippen LogP contribution is -2.07. The Morgan fingerprint density at radius 2 is 2.54 bits per heavy atom. The highest BCUT2D eigenvalue weighted by atomic mass is 16.5. The molecule has 0 aromatic rings. The summed E-state index contributed by atoms with van der Waals surface area (Å²) < 4.78 is 4.73. The van der Waals surface area contributed by atoms with Crippen molar-refractivity contribution in [3.63, 3.8) is 0 Å². The number of ether oxygens (including phenoxy) is 1. The first kappa shape index (κ1) is 9.99. The van der Waals surface area contributed by atoms with Gasteiger partial charge in [0.05, 0.1) is 12.7 Å². The number of aliphatic hydroxyl groups is 1. The van der Waals surface area contributed by atoms with E-state index in [1.165, 1.54) is 6.08 Å². The molecule has 1 rings (SSSR count). The molecule has 0 radical (unpaired) electrons. The Balaban J connectivity index is 2.68. The van der Waals surface area contributed by atoms with Crippen molar-refractivity contribution in [1.82, 2.24) is 0 Å². The van der Waals surface area contributed by atoms with Gasteiger partial charge in [0, 0.05) is 6.08 Å². The van der Waals surface area contributed by atoms with E-state index >= 15 is 0 Å². The molecule has 1 aliphatic carbocycles. The topological polar surface area (TPSA) is 46.5 Å². The van der Waals surface area contributed by atoms with E-state index in [0.29, 0.717) is 18.6 Å². The Hall–Kier alpha value is -1.09. The van der Waals surface area contributed by atoms with Crippen molar-refractivity contribution in [3.05, 3.63) is 23.8 Å². The van der Waals surface area contributed by atoms with Crippen molar-refractivity contribution >= 4 is 5.97 Å². The zero-order chi connectivity index (χ0) is 9.84. The maximum Gasteiger partial charge on any atom is 0.331 e. The van der Waals surface area contributed by atoms with Crippen LogP contribution in [0.4, 0.5) is 0 Å². The van der Waals surface area contributed by atoms with Gasteiger partial charge < -0.3 is 9.84 Å². The fraction of sp³-hybridized carbons (Fsp3) is 0.500. The lowest BCUT2D eigenvalue weighted by atomic mass is 10.1. The van der Waals surface area contributed by atoms with E-state index in [4.69, 9.17) is 4.74 Å². The van der Waals surface area contributed by atoms with Crippen LogP contribution in [0.2, 0.25) is 0 Å². The lowest BCUT2D eigenvalue weighted by molar-refractivity contribution is -0.137. The van der Waals surface area contributed by atoms with E-state index in [2.05, 4.69) is 6.58 Å². The van der Waals surface area contributed by atoms with Crippen molar-refractivity contribution in [2.45, 2.75) is 25.9 Å². The van der Waals surface area contributed by atoms with Crippen molar-refractivity contribution < 1.29 is 14.6 Å². The highest BCUT2D eigenvalue weighted by Gasteiger charge is 2.22. The highest BCUT2D eigenvalue weighted by molar-refractivity contribution is 5.84. The van der Waals surface area contributed by atoms with Gasteiger partial charge in [-0.05, 0) is 30.9 Å². The van der Waals surface area contributed by atoms with Crippen LogP contribution in [0.5, 0.6) is 0 Å². The second kappa shape index (κ2) is 4.23. The van der Waals surface area contributed by atoms with Crippen LogP contribution >= 0.6 is 0 Å². The van der Waals surface area contributed by atoms with E-state index in [9.17, 15) is 9.90 Å². The van der Waals surface area contributed by atoms with Gasteiger partial charge in [0.25, 0.3) is 0 Å². The van der Waals surface area contributed by atoms with Gasteiger partial charge in [-0.2, -0.15) is 0 Å². The molecule has 0 bridgehead atoms. The molecule has 1 aliphatic rings. The SMILES string of the molecule is C=C1CCC(O)/C1=C\C(=O)OCC. The molecule has 0 spiro atoms. The Bertz CT molecular complexity index is 253. The molecule has 3 heteroatoms. The predicted molar refractivity (Wildman–Crippen MR) is 49.1 cm³/mol. The highest BCUT2D eigenvalue weighted by Crippen LogP contribution is 2.29. The summed E-state index contributed by atoms with van der Waals surface area (Å²) in [6.45, 7) is 5.86. The fourth-order valence-corrected chi connectivity index (χ4v) is 1.36. The summed E-state index contributed by atoms with van der Waals surface area (Å²) in [5.41, 5.74) is 1.46. The predicted octanol–water partition coefficient (Wildman–Crippen LogP) is 1.19. The van der Waals surface area contributed by atoms with Gasteiger partial charge in [0.2, 0.25) is 0 Å². The van der Waals surface area contributed by atoms with E-state index in [-0.39, 0.29) is 0 Å². The summed E-state index contributed by atoms with van der Waals surface area (Å²) in [4.78, 5) is 11.0. The fourth-order valence-electron chi connectivity index (χ4n) is 1.36. The average molecular weight is 182 g/mol. The van der Waals surface area contributed by atoms with Gasteiger partial charge in [-0.1, -0.05) is 6.58 Å². The zero-order valence-corrected chi connectivity index (χ0v) is 7.75. The molecule has 1 fully saturated rings. The normalized spacial score (nSPS) is 25.2. The zero-order valence-electron chi connectivity index (χ0n) is 7.75. The second-order valence-electron chi connectivity index (χ2n) is 3.01. The van der Waals surface area contributed by atoms with E-state index < -0.39 is 12.1 Å². The number of carbonyl (C=O) groups excluding carboxylic acids is 1. The molecule has 1 N–H and O–H groups in total. The van der Waals surface area contributed by atoms with Crippen LogP contribution in [0.15, 0.2) is 23.8 Å². The molecule has 0 aromatic heterocycles. The summed E-state index contributed by atoms with van der Waals surface area (Å²) in [6.07, 6.45) is 2.21. The van der Waals surface area contributed by atoms with Crippen LogP contribution < -0.4 is 0 Å². The average Bonchev–Trinajstić information content (AvgIpc) is 2.36. The molecule has 1 unspecified atom stereocenters. The number of hydrogen-bond acceptors (Lipinski definition) is 3. The standard InChI is InChI=1S/C10H14O3/c1-3-13-10(12)6-8-7(2)4-5-9(8)11/h6,9,11H,2-5H2,1H3/b8-6-. The van der Waals surface area contributed by atoms with Crippen LogP contribution in [0, 0.1) is 0 Å². The van der Waals surface area contributed by atoms with Crippen LogP contribution in [0.25, 0.3) is 0 Å². The van der Waals surface area contributed by atoms with Crippen LogP contribution in [-0.4, -0.2) is 23.8 Å². The minimum atomic E-state index is -0.545. The molecule has 0 amide bonds. The largest absolute Gasteiger partial charge is 0.463 e. The number of aliphatic hydroxyl groups excluding tert-OH is 1. The first-order valence-corrected chi connectivity index (χ1v) is 4.39. The first-order chi connectivity index (χ1) is 6.15. The Morgan fingerprint density at radius 1 is 1.85 bits per heavy atom. The van der Waals surface area contributed by atoms with E-state index in [1.807, 2.05) is 0 Å². The summed E-state index contributed by atoms with van der Waals surface area (Å²) >= 11 is 0. The van der Waals surface area contributed by atoms with Crippen LogP contribution in [0.3, 0.4) is 0 Å². The Morgan fingerprint density at radius 3 is 3.00 bits per heavy atom. The minimum absolute atomic E-state index is 0.352. The maximum atomic E-state index is 11.0. The summed E-state index contributed by atoms with van der Waals surface area (Å²) in [5.74, 6) is -0.403. The van der Waals surface area contributed by atoms with Gasteiger partial charge in [0.1, 0.15) is 0 Å². The third kappa shape index (κ3) is 2.42. The molecule has 1 saturated carbocycles. The van der Waals surface area contributed by atoms with E-state index in [0.717, 1.165) is 12.0 Å². The van der Waals surface area contributed by atoms with Crippen molar-refractivity contribution in [1.29, 1.82) is 0 Å². The number of carbonyl (C=O) groups is 1. The molecule has 0 saturated heterocycles. The van der Waals surface area contributed by atoms with Crippen molar-refractivity contribution in [3.8, 4) is 0 Å². The Kier molecular flexibility index (Phi) is 3.25. The van der Waals surface area contributed by atoms with Crippen molar-refractivity contribution in [2.75, 3.05) is 6.61 Å². The summed E-state index contributed by atoms with van der Waals surface area (Å²) in [6, 6.07) is 0. The molecule has 3 nitrogen and oxygen atoms in total. The molecule has 0 aromatic carbocycles. The summed E-state index contributed by atoms with van der Waals surface area (Å²) in [5, 5.41) is 9.44. The van der Waals surface area contributed by atoms with Gasteiger partial charge >= 0.3 is 5.97 Å². The van der Waals surface area contributed by atoms with Gasteiger partial charge in [0.15, 0.2) is 0 Å². The number of rotatable bonds is 2. The van der Waals surface area contributed by atoms with Gasteiger partial charge in [-0.25, -0.2) is 4.79 Å². The molecule has 0 heterocycles. The Labute approximate surface area is 77.7 Å². The molecule has 1 atom stereocenters. The maximum absolute atomic E-state index is 11.0. The lowest BCUT2D eigenvalue weighted by Gasteiger charge is -2.04. The van der Waals surface area contributed by atoms with Crippen LogP contribution in [-0.2, 0) is 9.53 Å². The molecule has 0 aliphatic heterocycles. The number of hydrogen-bond donors (Lipinski definition) is 1.